The van der Waals surface area contributed by atoms with Crippen LogP contribution in [0.4, 0.5) is 5.82 Å². The van der Waals surface area contributed by atoms with Crippen molar-refractivity contribution in [2.45, 2.75) is 51.5 Å². The normalized spacial score (nSPS) is 18.5. The van der Waals surface area contributed by atoms with Crippen molar-refractivity contribution in [3.63, 3.8) is 0 Å². The van der Waals surface area contributed by atoms with Gasteiger partial charge in [-0.1, -0.05) is 12.0 Å². The monoisotopic (exact) mass is 426 g/mol. The van der Waals surface area contributed by atoms with Gasteiger partial charge in [-0.2, -0.15) is 0 Å². The smallest absolute Gasteiger partial charge is 0.308 e. The first-order chi connectivity index (χ1) is 15.0. The van der Waals surface area contributed by atoms with Crippen LogP contribution in [0.2, 0.25) is 0 Å². The minimum atomic E-state index is -0.747. The molecule has 0 saturated carbocycles. The zero-order valence-corrected chi connectivity index (χ0v) is 18.0. The number of ether oxygens (including phenoxy) is 1. The highest BCUT2D eigenvalue weighted by Crippen LogP contribution is 2.24. The third-order valence-electron chi connectivity index (χ3n) is 5.66. The second kappa shape index (κ2) is 10.8. The standard InChI is InChI=1S/C23H30N4O4/c1-3-18(14-21(29)31-4-2)25-20(28)15-27-13-11-17(23(27)30)8-10-19-9-7-16-6-5-12-24-22(16)26-19/h1,7,9,17-18H,4-6,8,10-15H2,2H3,(H,24,26)(H,25,28)/t17-,18+/m0/s1. The Balaban J connectivity index is 1.45. The zero-order valence-electron chi connectivity index (χ0n) is 18.0. The number of hydrogen-bond acceptors (Lipinski definition) is 6. The Morgan fingerprint density at radius 1 is 1.45 bits per heavy atom. The minimum Gasteiger partial charge on any atom is -0.466 e. The van der Waals surface area contributed by atoms with Gasteiger partial charge in [0.05, 0.1) is 19.6 Å². The molecule has 3 heterocycles. The number of rotatable bonds is 9. The summed E-state index contributed by atoms with van der Waals surface area (Å²) in [6, 6.07) is 3.42. The number of anilines is 1. The number of esters is 1. The molecule has 8 nitrogen and oxygen atoms in total. The number of nitrogens with one attached hydrogen (secondary N) is 2. The lowest BCUT2D eigenvalue weighted by atomic mass is 9.99. The van der Waals surface area contributed by atoms with E-state index < -0.39 is 12.0 Å². The summed E-state index contributed by atoms with van der Waals surface area (Å²) < 4.78 is 4.85. The number of amides is 2. The summed E-state index contributed by atoms with van der Waals surface area (Å²) in [5, 5.41) is 5.95. The Labute approximate surface area is 183 Å². The number of aromatic nitrogens is 1. The Bertz CT molecular complexity index is 864. The van der Waals surface area contributed by atoms with Gasteiger partial charge in [-0.3, -0.25) is 14.4 Å². The fourth-order valence-electron chi connectivity index (χ4n) is 4.01. The first-order valence-electron chi connectivity index (χ1n) is 10.9. The van der Waals surface area contributed by atoms with Crippen molar-refractivity contribution in [3.8, 4) is 12.3 Å². The average molecular weight is 427 g/mol. The van der Waals surface area contributed by atoms with Gasteiger partial charge in [0.25, 0.3) is 0 Å². The summed E-state index contributed by atoms with van der Waals surface area (Å²) in [4.78, 5) is 42.8. The van der Waals surface area contributed by atoms with Crippen molar-refractivity contribution in [1.82, 2.24) is 15.2 Å². The molecule has 3 rings (SSSR count). The summed E-state index contributed by atoms with van der Waals surface area (Å²) in [7, 11) is 0. The summed E-state index contributed by atoms with van der Waals surface area (Å²) in [5.41, 5.74) is 2.23. The molecule has 166 valence electrons. The number of carbonyl (C=O) groups is 3. The van der Waals surface area contributed by atoms with Crippen LogP contribution in [0.3, 0.4) is 0 Å². The number of carbonyl (C=O) groups excluding carboxylic acids is 3. The molecular formula is C23H30N4O4. The zero-order chi connectivity index (χ0) is 22.2. The fraction of sp³-hybridized carbons (Fsp3) is 0.565. The van der Waals surface area contributed by atoms with Gasteiger partial charge in [-0.05, 0) is 50.7 Å². The molecule has 2 atom stereocenters. The average Bonchev–Trinajstić information content (AvgIpc) is 3.10. The molecule has 0 spiro atoms. The minimum absolute atomic E-state index is 0.0196. The molecular weight excluding hydrogens is 396 g/mol. The lowest BCUT2D eigenvalue weighted by Crippen LogP contribution is -2.43. The van der Waals surface area contributed by atoms with Gasteiger partial charge in [-0.15, -0.1) is 6.42 Å². The quantitative estimate of drug-likeness (QED) is 0.456. The molecule has 31 heavy (non-hydrogen) atoms. The van der Waals surface area contributed by atoms with Gasteiger partial charge < -0.3 is 20.3 Å². The molecule has 0 aliphatic carbocycles. The van der Waals surface area contributed by atoms with E-state index in [1.54, 1.807) is 11.8 Å². The van der Waals surface area contributed by atoms with E-state index in [-0.39, 0.29) is 37.3 Å². The summed E-state index contributed by atoms with van der Waals surface area (Å²) >= 11 is 0. The van der Waals surface area contributed by atoms with Crippen LogP contribution in [0.5, 0.6) is 0 Å². The van der Waals surface area contributed by atoms with Crippen LogP contribution < -0.4 is 10.6 Å². The Morgan fingerprint density at radius 2 is 2.29 bits per heavy atom. The van der Waals surface area contributed by atoms with Crippen molar-refractivity contribution < 1.29 is 19.1 Å². The largest absolute Gasteiger partial charge is 0.466 e. The highest BCUT2D eigenvalue weighted by atomic mass is 16.5. The predicted molar refractivity (Wildman–Crippen MR) is 116 cm³/mol. The van der Waals surface area contributed by atoms with Crippen LogP contribution in [-0.4, -0.2) is 60.0 Å². The second-order valence-electron chi connectivity index (χ2n) is 7.92. The molecule has 2 aliphatic heterocycles. The van der Waals surface area contributed by atoms with E-state index in [4.69, 9.17) is 11.2 Å². The molecule has 0 bridgehead atoms. The molecule has 2 aliphatic rings. The SMILES string of the molecule is C#C[C@H](CC(=O)OCC)NC(=O)CN1CC[C@H](CCc2ccc3c(n2)NCCC3)C1=O. The Hall–Kier alpha value is -3.08. The van der Waals surface area contributed by atoms with Gasteiger partial charge >= 0.3 is 5.97 Å². The van der Waals surface area contributed by atoms with Crippen molar-refractivity contribution in [1.29, 1.82) is 0 Å². The molecule has 2 amide bonds. The van der Waals surface area contributed by atoms with Crippen LogP contribution in [-0.2, 0) is 32.0 Å². The maximum absolute atomic E-state index is 12.7. The van der Waals surface area contributed by atoms with E-state index in [1.807, 2.05) is 6.07 Å². The molecule has 1 aromatic heterocycles. The van der Waals surface area contributed by atoms with E-state index in [9.17, 15) is 14.4 Å². The van der Waals surface area contributed by atoms with E-state index in [2.05, 4.69) is 27.6 Å². The molecule has 2 N–H and O–H groups in total. The van der Waals surface area contributed by atoms with E-state index in [0.717, 1.165) is 43.7 Å². The van der Waals surface area contributed by atoms with Crippen molar-refractivity contribution in [2.75, 3.05) is 31.6 Å². The molecule has 1 aromatic rings. The van der Waals surface area contributed by atoms with E-state index >= 15 is 0 Å². The topological polar surface area (TPSA) is 101 Å². The highest BCUT2D eigenvalue weighted by Gasteiger charge is 2.32. The number of aryl methyl sites for hydroxylation is 2. The maximum atomic E-state index is 12.7. The summed E-state index contributed by atoms with van der Waals surface area (Å²) in [6.07, 6.45) is 9.63. The summed E-state index contributed by atoms with van der Waals surface area (Å²) in [5.74, 6) is 2.38. The molecule has 0 radical (unpaired) electrons. The molecule has 0 aromatic carbocycles. The number of fused-ring (bicyclic) bond motifs is 1. The van der Waals surface area contributed by atoms with Crippen LogP contribution in [0.25, 0.3) is 0 Å². The van der Waals surface area contributed by atoms with Crippen LogP contribution in [0.15, 0.2) is 12.1 Å². The lowest BCUT2D eigenvalue weighted by molar-refractivity contribution is -0.143. The van der Waals surface area contributed by atoms with Crippen LogP contribution >= 0.6 is 0 Å². The Kier molecular flexibility index (Phi) is 7.88. The molecule has 1 fully saturated rings. The molecule has 0 unspecified atom stereocenters. The number of nitrogens with zero attached hydrogens (tertiary/aromatic N) is 2. The van der Waals surface area contributed by atoms with Gasteiger partial charge in [0.2, 0.25) is 11.8 Å². The van der Waals surface area contributed by atoms with Gasteiger partial charge in [0, 0.05) is 24.7 Å². The van der Waals surface area contributed by atoms with Crippen LogP contribution in [0.1, 0.15) is 43.9 Å². The first-order valence-corrected chi connectivity index (χ1v) is 10.9. The molecule has 1 saturated heterocycles. The van der Waals surface area contributed by atoms with E-state index in [0.29, 0.717) is 13.0 Å². The fourth-order valence-corrected chi connectivity index (χ4v) is 4.01. The highest BCUT2D eigenvalue weighted by molar-refractivity contribution is 5.87. The van der Waals surface area contributed by atoms with Crippen molar-refractivity contribution in [3.05, 3.63) is 23.4 Å². The van der Waals surface area contributed by atoms with Gasteiger partial charge in [0.1, 0.15) is 11.9 Å². The first kappa shape index (κ1) is 22.6. The van der Waals surface area contributed by atoms with Gasteiger partial charge in [-0.25, -0.2) is 4.98 Å². The van der Waals surface area contributed by atoms with Gasteiger partial charge in [0.15, 0.2) is 0 Å². The predicted octanol–water partition coefficient (Wildman–Crippen LogP) is 1.29. The maximum Gasteiger partial charge on any atom is 0.308 e. The molecule has 8 heteroatoms. The van der Waals surface area contributed by atoms with Crippen LogP contribution in [0, 0.1) is 18.3 Å². The number of hydrogen-bond donors (Lipinski definition) is 2. The van der Waals surface area contributed by atoms with Crippen molar-refractivity contribution in [2.24, 2.45) is 5.92 Å². The number of pyridine rings is 1. The Morgan fingerprint density at radius 3 is 3.06 bits per heavy atom. The third-order valence-corrected chi connectivity index (χ3v) is 5.66. The lowest BCUT2D eigenvalue weighted by Gasteiger charge is -2.19. The van der Waals surface area contributed by atoms with E-state index in [1.165, 1.54) is 5.56 Å². The van der Waals surface area contributed by atoms with Crippen molar-refractivity contribution >= 4 is 23.6 Å². The number of likely N-dealkylation sites (tertiary alicyclic amines) is 1. The third kappa shape index (κ3) is 6.20. The second-order valence-corrected chi connectivity index (χ2v) is 7.92. The number of terminal acetylenes is 1. The summed E-state index contributed by atoms with van der Waals surface area (Å²) in [6.45, 7) is 3.38.